The molecule has 0 aromatic carbocycles. The largest absolute Gasteiger partial charge is 0.481 e. The van der Waals surface area contributed by atoms with E-state index in [0.29, 0.717) is 13.1 Å². The van der Waals surface area contributed by atoms with Crippen molar-refractivity contribution >= 4 is 11.9 Å². The highest BCUT2D eigenvalue weighted by atomic mass is 16.5. The maximum atomic E-state index is 12.3. The van der Waals surface area contributed by atoms with E-state index in [2.05, 4.69) is 0 Å². The van der Waals surface area contributed by atoms with Gasteiger partial charge in [0.25, 0.3) is 0 Å². The zero-order chi connectivity index (χ0) is 12.6. The lowest BCUT2D eigenvalue weighted by molar-refractivity contribution is -0.149. The topological polar surface area (TPSA) is 66.8 Å². The van der Waals surface area contributed by atoms with Gasteiger partial charge in [-0.2, -0.15) is 0 Å². The van der Waals surface area contributed by atoms with E-state index >= 15 is 0 Å². The fraction of sp³-hybridized carbons (Fsp3) is 0.667. The normalized spacial score (nSPS) is 34.0. The van der Waals surface area contributed by atoms with Crippen LogP contribution >= 0.6 is 0 Å². The van der Waals surface area contributed by atoms with E-state index in [4.69, 9.17) is 4.74 Å². The molecule has 2 rings (SSSR count). The van der Waals surface area contributed by atoms with Gasteiger partial charge < -0.3 is 14.7 Å². The summed E-state index contributed by atoms with van der Waals surface area (Å²) in [5.41, 5.74) is 0. The van der Waals surface area contributed by atoms with Crippen molar-refractivity contribution in [2.45, 2.75) is 26.1 Å². The fourth-order valence-electron chi connectivity index (χ4n) is 2.64. The zero-order valence-electron chi connectivity index (χ0n) is 10.00. The summed E-state index contributed by atoms with van der Waals surface area (Å²) in [5, 5.41) is 9.20. The lowest BCUT2D eigenvalue weighted by Crippen LogP contribution is -2.44. The van der Waals surface area contributed by atoms with Crippen molar-refractivity contribution in [3.8, 4) is 0 Å². The number of hydrogen-bond donors (Lipinski definition) is 1. The minimum absolute atomic E-state index is 0.112. The summed E-state index contributed by atoms with van der Waals surface area (Å²) in [6, 6.07) is 0. The molecule has 2 bridgehead atoms. The van der Waals surface area contributed by atoms with Gasteiger partial charge in [0.1, 0.15) is 5.92 Å². The van der Waals surface area contributed by atoms with Crippen molar-refractivity contribution in [1.82, 2.24) is 4.90 Å². The fourth-order valence-corrected chi connectivity index (χ4v) is 2.64. The van der Waals surface area contributed by atoms with Crippen molar-refractivity contribution in [1.29, 1.82) is 0 Å². The van der Waals surface area contributed by atoms with Gasteiger partial charge in [0.2, 0.25) is 5.91 Å². The quantitative estimate of drug-likeness (QED) is 0.726. The number of carboxylic acid groups (broad SMARTS) is 1. The van der Waals surface area contributed by atoms with Crippen LogP contribution in [0.25, 0.3) is 0 Å². The summed E-state index contributed by atoms with van der Waals surface area (Å²) in [6.45, 7) is 4.97. The first-order valence-electron chi connectivity index (χ1n) is 5.95. The number of hydrogen-bond acceptors (Lipinski definition) is 3. The molecule has 1 fully saturated rings. The van der Waals surface area contributed by atoms with Crippen LogP contribution in [0, 0.1) is 11.8 Å². The molecule has 94 valence electrons. The predicted octanol–water partition coefficient (Wildman–Crippen LogP) is 0.509. The first-order chi connectivity index (χ1) is 8.10. The van der Waals surface area contributed by atoms with E-state index in [1.807, 2.05) is 13.8 Å². The molecule has 0 spiro atoms. The first-order valence-corrected chi connectivity index (χ1v) is 5.95. The van der Waals surface area contributed by atoms with E-state index in [1.54, 1.807) is 17.1 Å². The number of amides is 1. The molecule has 2 aliphatic rings. The Labute approximate surface area is 100 Å². The molecule has 2 heterocycles. The summed E-state index contributed by atoms with van der Waals surface area (Å²) in [5.74, 6) is -2.37. The lowest BCUT2D eigenvalue weighted by atomic mass is 9.82. The molecular weight excluding hydrogens is 222 g/mol. The molecule has 4 unspecified atom stereocenters. The molecule has 1 amide bonds. The minimum Gasteiger partial charge on any atom is -0.481 e. The van der Waals surface area contributed by atoms with Crippen LogP contribution in [-0.4, -0.2) is 47.2 Å². The number of carbonyl (C=O) groups is 2. The molecule has 5 heteroatoms. The van der Waals surface area contributed by atoms with E-state index in [0.717, 1.165) is 0 Å². The number of fused-ring (bicyclic) bond motifs is 2. The molecule has 17 heavy (non-hydrogen) atoms. The average molecular weight is 239 g/mol. The molecule has 4 atom stereocenters. The Morgan fingerprint density at radius 1 is 1.18 bits per heavy atom. The van der Waals surface area contributed by atoms with E-state index in [-0.39, 0.29) is 12.0 Å². The smallest absolute Gasteiger partial charge is 0.310 e. The molecule has 2 aliphatic heterocycles. The van der Waals surface area contributed by atoms with Gasteiger partial charge in [-0.3, -0.25) is 9.59 Å². The highest BCUT2D eigenvalue weighted by Gasteiger charge is 2.53. The highest BCUT2D eigenvalue weighted by Crippen LogP contribution is 2.40. The third-order valence-corrected chi connectivity index (χ3v) is 3.54. The molecule has 0 aromatic rings. The molecule has 1 saturated heterocycles. The van der Waals surface area contributed by atoms with Crippen LogP contribution in [0.15, 0.2) is 12.2 Å². The molecule has 5 nitrogen and oxygen atoms in total. The standard InChI is InChI=1S/C12H17NO4/c1-3-13(4-2)11(14)9-7-5-6-8(17-7)10(9)12(15)16/h5-10H,3-4H2,1-2H3,(H,15,16). The van der Waals surface area contributed by atoms with Crippen LogP contribution in [0.1, 0.15) is 13.8 Å². The molecule has 1 N–H and O–H groups in total. The van der Waals surface area contributed by atoms with Crippen LogP contribution in [-0.2, 0) is 14.3 Å². The van der Waals surface area contributed by atoms with Gasteiger partial charge in [0, 0.05) is 13.1 Å². The van der Waals surface area contributed by atoms with E-state index in [9.17, 15) is 14.7 Å². The number of carbonyl (C=O) groups excluding carboxylic acids is 1. The van der Waals surface area contributed by atoms with Gasteiger partial charge in [0.05, 0.1) is 18.1 Å². The molecule has 0 aliphatic carbocycles. The second-order valence-electron chi connectivity index (χ2n) is 4.35. The molecular formula is C12H17NO4. The van der Waals surface area contributed by atoms with Crippen molar-refractivity contribution < 1.29 is 19.4 Å². The Morgan fingerprint density at radius 3 is 2.18 bits per heavy atom. The molecule has 0 aromatic heterocycles. The summed E-state index contributed by atoms with van der Waals surface area (Å²) >= 11 is 0. The van der Waals surface area contributed by atoms with E-state index < -0.39 is 23.9 Å². The van der Waals surface area contributed by atoms with E-state index in [1.165, 1.54) is 0 Å². The SMILES string of the molecule is CCN(CC)C(=O)C1C2C=CC(O2)C1C(=O)O. The van der Waals surface area contributed by atoms with Crippen molar-refractivity contribution in [2.24, 2.45) is 11.8 Å². The molecule has 0 radical (unpaired) electrons. The number of ether oxygens (including phenoxy) is 1. The van der Waals surface area contributed by atoms with Crippen molar-refractivity contribution in [3.05, 3.63) is 12.2 Å². The van der Waals surface area contributed by atoms with Crippen LogP contribution < -0.4 is 0 Å². The number of rotatable bonds is 4. The zero-order valence-corrected chi connectivity index (χ0v) is 10.00. The number of carboxylic acids is 1. The Hall–Kier alpha value is -1.36. The lowest BCUT2D eigenvalue weighted by Gasteiger charge is -2.27. The van der Waals surface area contributed by atoms with Crippen LogP contribution in [0.5, 0.6) is 0 Å². The summed E-state index contributed by atoms with van der Waals surface area (Å²) in [6.07, 6.45) is 2.74. The second kappa shape index (κ2) is 4.49. The maximum Gasteiger partial charge on any atom is 0.310 e. The highest BCUT2D eigenvalue weighted by molar-refractivity contribution is 5.87. The Bertz CT molecular complexity index is 362. The summed E-state index contributed by atoms with van der Waals surface area (Å²) in [7, 11) is 0. The predicted molar refractivity (Wildman–Crippen MR) is 60.3 cm³/mol. The third kappa shape index (κ3) is 1.84. The first kappa shape index (κ1) is 12.1. The Balaban J connectivity index is 2.22. The van der Waals surface area contributed by atoms with Crippen LogP contribution in [0.2, 0.25) is 0 Å². The van der Waals surface area contributed by atoms with Crippen LogP contribution in [0.4, 0.5) is 0 Å². The minimum atomic E-state index is -0.952. The second-order valence-corrected chi connectivity index (χ2v) is 4.35. The monoisotopic (exact) mass is 239 g/mol. The number of nitrogens with zero attached hydrogens (tertiary/aromatic N) is 1. The van der Waals surface area contributed by atoms with Gasteiger partial charge in [-0.05, 0) is 13.8 Å². The van der Waals surface area contributed by atoms with Gasteiger partial charge in [-0.25, -0.2) is 0 Å². The summed E-state index contributed by atoms with van der Waals surface area (Å²) in [4.78, 5) is 25.1. The summed E-state index contributed by atoms with van der Waals surface area (Å²) < 4.78 is 5.48. The molecule has 0 saturated carbocycles. The van der Waals surface area contributed by atoms with Crippen molar-refractivity contribution in [3.63, 3.8) is 0 Å². The van der Waals surface area contributed by atoms with Gasteiger partial charge >= 0.3 is 5.97 Å². The average Bonchev–Trinajstić information content (AvgIpc) is 2.89. The van der Waals surface area contributed by atoms with Crippen LogP contribution in [0.3, 0.4) is 0 Å². The Morgan fingerprint density at radius 2 is 1.71 bits per heavy atom. The van der Waals surface area contributed by atoms with Gasteiger partial charge in [-0.1, -0.05) is 12.2 Å². The Kier molecular flexibility index (Phi) is 3.19. The number of aliphatic carboxylic acids is 1. The van der Waals surface area contributed by atoms with Gasteiger partial charge in [0.15, 0.2) is 0 Å². The third-order valence-electron chi connectivity index (χ3n) is 3.54. The maximum absolute atomic E-state index is 12.3. The van der Waals surface area contributed by atoms with Crippen molar-refractivity contribution in [2.75, 3.05) is 13.1 Å². The van der Waals surface area contributed by atoms with Gasteiger partial charge in [-0.15, -0.1) is 0 Å².